The number of hydrogen-bond acceptors (Lipinski definition) is 4. The fourth-order valence-electron chi connectivity index (χ4n) is 5.48. The third-order valence-corrected chi connectivity index (χ3v) is 18.2. The van der Waals surface area contributed by atoms with Gasteiger partial charge in [-0.05, 0) is 6.07 Å². The number of carbonyl (C=O) groups is 2. The van der Waals surface area contributed by atoms with Crippen molar-refractivity contribution in [2.24, 2.45) is 0 Å². The average molecular weight is 687 g/mol. The van der Waals surface area contributed by atoms with Crippen LogP contribution in [0.1, 0.15) is 44.4 Å². The Kier molecular flexibility index (Phi) is 6.86. The number of rotatable bonds is 6. The molecule has 0 fully saturated rings. The van der Waals surface area contributed by atoms with E-state index in [4.69, 9.17) is 19.4 Å². The monoisotopic (exact) mass is 686 g/mol. The van der Waals surface area contributed by atoms with Crippen molar-refractivity contribution in [2.75, 3.05) is 17.0 Å². The summed E-state index contributed by atoms with van der Waals surface area (Å²) >= 11 is 4.22. The van der Waals surface area contributed by atoms with Gasteiger partial charge in [-0.2, -0.15) is 0 Å². The molecule has 6 rings (SSSR count). The van der Waals surface area contributed by atoms with Gasteiger partial charge < -0.3 is 0 Å². The normalized spacial score (nSPS) is 20.1. The maximum absolute atomic E-state index is 13.5. The Labute approximate surface area is 249 Å². The number of amides is 2. The van der Waals surface area contributed by atoms with Crippen molar-refractivity contribution in [3.63, 3.8) is 0 Å². The van der Waals surface area contributed by atoms with E-state index in [0.717, 1.165) is 28.2 Å². The molecule has 9 heteroatoms. The van der Waals surface area contributed by atoms with E-state index in [1.165, 1.54) is 0 Å². The zero-order chi connectivity index (χ0) is 29.3. The van der Waals surface area contributed by atoms with Crippen molar-refractivity contribution in [3.05, 3.63) is 77.1 Å². The van der Waals surface area contributed by atoms with Crippen LogP contribution in [0.15, 0.2) is 60.8 Å². The van der Waals surface area contributed by atoms with Crippen molar-refractivity contribution >= 4 is 56.4 Å². The van der Waals surface area contributed by atoms with Crippen LogP contribution < -0.4 is 28.9 Å². The summed E-state index contributed by atoms with van der Waals surface area (Å²) in [6.07, 6.45) is 7.15. The molecular formula is C32H34ClIN3O4-. The van der Waals surface area contributed by atoms with E-state index in [9.17, 15) is 9.59 Å². The summed E-state index contributed by atoms with van der Waals surface area (Å²) in [6.45, 7) is 6.79. The Morgan fingerprint density at radius 2 is 1.73 bits per heavy atom. The van der Waals surface area contributed by atoms with E-state index in [1.54, 1.807) is 7.11 Å². The van der Waals surface area contributed by atoms with Gasteiger partial charge in [0.15, 0.2) is 0 Å². The third kappa shape index (κ3) is 4.70. The van der Waals surface area contributed by atoms with Crippen LogP contribution in [0.4, 0.5) is 0 Å². The Hall–Kier alpha value is -3.08. The van der Waals surface area contributed by atoms with Crippen molar-refractivity contribution in [3.8, 4) is 5.75 Å². The van der Waals surface area contributed by atoms with Crippen molar-refractivity contribution < 1.29 is 36.2 Å². The van der Waals surface area contributed by atoms with E-state index in [0.29, 0.717) is 27.6 Å². The standard InChI is InChI=1S/C32H34ClIN3O4/c1-32(2,3)34(4,5)41-20-12-11-18(15-20)37-17-23(22-16-19(40-6)13-14-25(22)37)27-28(31(39)36-30(27)38)26-21-9-7-8-10-24(21)35-29(26)33/h7-14,16-18,20,35H,15H2,1-6H3,(H,36,38,39)/q-1/t18?,20-/m1/s1. The van der Waals surface area contributed by atoms with Crippen LogP contribution in [0.5, 0.6) is 5.75 Å². The zero-order valence-corrected chi connectivity index (χ0v) is 26.9. The fraction of sp³-hybridized carbons (Fsp3) is 0.312. The predicted molar refractivity (Wildman–Crippen MR) is 161 cm³/mol. The first-order valence-electron chi connectivity index (χ1n) is 13.5. The van der Waals surface area contributed by atoms with Crippen LogP contribution >= 0.6 is 11.6 Å². The molecule has 2 N–H and O–H groups in total. The van der Waals surface area contributed by atoms with Gasteiger partial charge in [0.2, 0.25) is 0 Å². The summed E-state index contributed by atoms with van der Waals surface area (Å²) in [7, 11) is 1.61. The number of hydrogen-bond donors (Lipinski definition) is 2. The molecule has 2 aliphatic rings. The second-order valence-electron chi connectivity index (χ2n) is 11.8. The van der Waals surface area contributed by atoms with Crippen LogP contribution in [0.2, 0.25) is 5.15 Å². The van der Waals surface area contributed by atoms with Crippen molar-refractivity contribution in [1.82, 2.24) is 14.9 Å². The SMILES string of the molecule is COc1ccc2c(c1)c(C1=C(c3c(Cl)[nH]c4ccccc34)C(=O)NC1=O)cn2C1C=C[C@@H](O[I-](C)(C)C(C)(C)C)C1. The van der Waals surface area contributed by atoms with Crippen LogP contribution in [0.25, 0.3) is 33.0 Å². The number of aromatic amines is 1. The Morgan fingerprint density at radius 1 is 1.00 bits per heavy atom. The van der Waals surface area contributed by atoms with Gasteiger partial charge in [0.25, 0.3) is 0 Å². The minimum absolute atomic E-state index is 0.0286. The number of ether oxygens (including phenoxy) is 1. The maximum atomic E-state index is 13.5. The second-order valence-corrected chi connectivity index (χ2v) is 22.4. The van der Waals surface area contributed by atoms with E-state index in [1.807, 2.05) is 48.7 Å². The number of allylic oxidation sites excluding steroid dienone is 1. The molecule has 0 radical (unpaired) electrons. The van der Waals surface area contributed by atoms with E-state index >= 15 is 0 Å². The first-order chi connectivity index (χ1) is 19.4. The number of aromatic nitrogens is 2. The first kappa shape index (κ1) is 28.1. The molecule has 2 amide bonds. The van der Waals surface area contributed by atoms with Gasteiger partial charge >= 0.3 is 232 Å². The van der Waals surface area contributed by atoms with Crippen LogP contribution in [-0.4, -0.2) is 47.9 Å². The summed E-state index contributed by atoms with van der Waals surface area (Å²) in [5, 5.41) is 4.44. The predicted octanol–water partition coefficient (Wildman–Crippen LogP) is 3.37. The summed E-state index contributed by atoms with van der Waals surface area (Å²) in [5.74, 6) is -0.252. The molecule has 2 aromatic heterocycles. The topological polar surface area (TPSA) is 85.4 Å². The Morgan fingerprint density at radius 3 is 2.46 bits per heavy atom. The quantitative estimate of drug-likeness (QED) is 0.141. The number of H-pyrrole nitrogens is 1. The number of imide groups is 1. The molecule has 41 heavy (non-hydrogen) atoms. The summed E-state index contributed by atoms with van der Waals surface area (Å²) in [5.41, 5.74) is 3.48. The first-order valence-corrected chi connectivity index (χ1v) is 20.1. The molecule has 7 nitrogen and oxygen atoms in total. The van der Waals surface area contributed by atoms with Gasteiger partial charge in [-0.3, -0.25) is 0 Å². The molecule has 0 saturated heterocycles. The van der Waals surface area contributed by atoms with E-state index < -0.39 is 30.7 Å². The molecule has 0 bridgehead atoms. The molecule has 1 aliphatic carbocycles. The molecule has 1 unspecified atom stereocenters. The summed E-state index contributed by atoms with van der Waals surface area (Å²) in [6, 6.07) is 13.4. The fourth-order valence-corrected chi connectivity index (χ4v) is 8.55. The Bertz CT molecular complexity index is 1790. The van der Waals surface area contributed by atoms with Gasteiger partial charge in [-0.1, -0.05) is 12.1 Å². The molecule has 0 saturated carbocycles. The summed E-state index contributed by atoms with van der Waals surface area (Å²) in [4.78, 5) is 34.5. The number of alkyl halides is 3. The molecule has 2 aromatic carbocycles. The van der Waals surface area contributed by atoms with Gasteiger partial charge in [-0.15, -0.1) is 0 Å². The molecular weight excluding hydrogens is 653 g/mol. The van der Waals surface area contributed by atoms with Crippen LogP contribution in [0, 0.1) is 0 Å². The third-order valence-electron chi connectivity index (χ3n) is 8.23. The molecule has 3 heterocycles. The second kappa shape index (κ2) is 10.0. The number of carbonyl (C=O) groups excluding carboxylic acids is 2. The molecule has 0 spiro atoms. The van der Waals surface area contributed by atoms with Gasteiger partial charge in [-0.25, -0.2) is 0 Å². The average Bonchev–Trinajstić information content (AvgIpc) is 3.65. The Balaban J connectivity index is 1.50. The summed E-state index contributed by atoms with van der Waals surface area (Å²) < 4.78 is 14.6. The van der Waals surface area contributed by atoms with Crippen molar-refractivity contribution in [2.45, 2.75) is 42.8 Å². The van der Waals surface area contributed by atoms with E-state index in [2.05, 4.69) is 57.7 Å². The number of methoxy groups -OCH3 is 1. The molecule has 2 atom stereocenters. The number of benzene rings is 2. The van der Waals surface area contributed by atoms with Gasteiger partial charge in [0, 0.05) is 0 Å². The van der Waals surface area contributed by atoms with Crippen LogP contribution in [-0.2, 0) is 12.7 Å². The number of nitrogens with zero attached hydrogens (tertiary/aromatic N) is 1. The number of nitrogens with one attached hydrogen (secondary N) is 2. The van der Waals surface area contributed by atoms with E-state index in [-0.39, 0.29) is 21.1 Å². The van der Waals surface area contributed by atoms with Crippen molar-refractivity contribution in [1.29, 1.82) is 0 Å². The molecule has 4 aromatic rings. The zero-order valence-electron chi connectivity index (χ0n) is 24.0. The molecule has 1 aliphatic heterocycles. The van der Waals surface area contributed by atoms with Crippen LogP contribution in [0.3, 0.4) is 0 Å². The number of fused-ring (bicyclic) bond motifs is 2. The van der Waals surface area contributed by atoms with Gasteiger partial charge in [0.1, 0.15) is 0 Å². The van der Waals surface area contributed by atoms with Gasteiger partial charge in [0.05, 0.1) is 0 Å². The minimum atomic E-state index is -2.44. The molecule has 216 valence electrons. The number of halogens is 2. The number of para-hydroxylation sites is 1.